The number of nitrogens with one attached hydrogen (secondary N) is 2. The molecule has 2 aliphatic heterocycles. The first-order chi connectivity index (χ1) is 11.3. The van der Waals surface area contributed by atoms with Gasteiger partial charge in [0.05, 0.1) is 0 Å². The van der Waals surface area contributed by atoms with Crippen molar-refractivity contribution in [1.82, 2.24) is 10.2 Å². The molecule has 1 atom stereocenters. The number of carbonyl (C=O) groups is 1. The van der Waals surface area contributed by atoms with Crippen molar-refractivity contribution < 1.29 is 14.3 Å². The Balaban J connectivity index is 1.53. The average molecular weight is 349 g/mol. The zero-order valence-corrected chi connectivity index (χ0v) is 15.0. The molecule has 2 aliphatic rings. The predicted molar refractivity (Wildman–Crippen MR) is 96.4 cm³/mol. The van der Waals surface area contributed by atoms with Crippen LogP contribution in [0.4, 0.5) is 5.69 Å². The Morgan fingerprint density at radius 3 is 2.92 bits per heavy atom. The second-order valence-corrected chi connectivity index (χ2v) is 7.31. The van der Waals surface area contributed by atoms with Crippen molar-refractivity contribution in [3.8, 4) is 11.5 Å². The van der Waals surface area contributed by atoms with E-state index in [1.54, 1.807) is 12.1 Å². The third kappa shape index (κ3) is 3.72. The van der Waals surface area contributed by atoms with E-state index in [0.29, 0.717) is 36.2 Å². The molecule has 0 bridgehead atoms. The summed E-state index contributed by atoms with van der Waals surface area (Å²) in [6.45, 7) is 7.24. The minimum atomic E-state index is -0.0475. The van der Waals surface area contributed by atoms with E-state index in [2.05, 4.69) is 36.3 Å². The number of fused-ring (bicyclic) bond motifs is 1. The third-order valence-electron chi connectivity index (χ3n) is 4.28. The normalized spacial score (nSPS) is 21.4. The summed E-state index contributed by atoms with van der Waals surface area (Å²) in [5.41, 5.74) is 0.708. The highest BCUT2D eigenvalue weighted by Gasteiger charge is 2.33. The maximum absolute atomic E-state index is 12.2. The van der Waals surface area contributed by atoms with Gasteiger partial charge >= 0.3 is 0 Å². The van der Waals surface area contributed by atoms with Crippen molar-refractivity contribution in [2.75, 3.05) is 18.7 Å². The molecule has 7 heteroatoms. The summed E-state index contributed by atoms with van der Waals surface area (Å²) in [5, 5.41) is 6.94. The Labute approximate surface area is 147 Å². The predicted octanol–water partition coefficient (Wildman–Crippen LogP) is 2.49. The Hall–Kier alpha value is -2.02. The van der Waals surface area contributed by atoms with Crippen LogP contribution in [0.2, 0.25) is 0 Å². The SMILES string of the molecule is C[C@H]1CC(C)(C)NC(=S)N1CCC(=O)Nc1ccc2c(c1)OCO2. The largest absolute Gasteiger partial charge is 0.454 e. The Bertz CT molecular complexity index is 662. The van der Waals surface area contributed by atoms with Crippen molar-refractivity contribution >= 4 is 28.9 Å². The van der Waals surface area contributed by atoms with Crippen molar-refractivity contribution in [2.45, 2.75) is 45.2 Å². The topological polar surface area (TPSA) is 62.8 Å². The fourth-order valence-electron chi connectivity index (χ4n) is 3.20. The van der Waals surface area contributed by atoms with E-state index >= 15 is 0 Å². The van der Waals surface area contributed by atoms with Gasteiger partial charge in [0, 0.05) is 36.3 Å². The second-order valence-electron chi connectivity index (χ2n) is 6.93. The fraction of sp³-hybridized carbons (Fsp3) is 0.529. The van der Waals surface area contributed by atoms with E-state index in [1.807, 2.05) is 6.07 Å². The zero-order valence-electron chi connectivity index (χ0n) is 14.2. The fourth-order valence-corrected chi connectivity index (χ4v) is 3.75. The van der Waals surface area contributed by atoms with Gasteiger partial charge in [0.2, 0.25) is 12.7 Å². The standard InChI is InChI=1S/C17H23N3O3S/c1-11-9-17(2,3)19-16(24)20(11)7-6-15(21)18-12-4-5-13-14(8-12)23-10-22-13/h4-5,8,11H,6-7,9-10H2,1-3H3,(H,18,21)(H,19,24)/t11-/m0/s1. The van der Waals surface area contributed by atoms with Gasteiger partial charge in [0.15, 0.2) is 16.6 Å². The molecule has 6 nitrogen and oxygen atoms in total. The van der Waals surface area contributed by atoms with E-state index < -0.39 is 0 Å². The molecule has 0 aliphatic carbocycles. The van der Waals surface area contributed by atoms with Gasteiger partial charge in [-0.25, -0.2) is 0 Å². The van der Waals surface area contributed by atoms with Crippen molar-refractivity contribution in [1.29, 1.82) is 0 Å². The maximum Gasteiger partial charge on any atom is 0.231 e. The number of thiocarbonyl (C=S) groups is 1. The molecule has 2 N–H and O–H groups in total. The number of hydrogen-bond acceptors (Lipinski definition) is 4. The molecule has 0 radical (unpaired) electrons. The molecule has 1 amide bonds. The van der Waals surface area contributed by atoms with E-state index in [9.17, 15) is 4.79 Å². The summed E-state index contributed by atoms with van der Waals surface area (Å²) in [6.07, 6.45) is 1.36. The first-order valence-electron chi connectivity index (χ1n) is 8.12. The van der Waals surface area contributed by atoms with Crippen LogP contribution in [-0.2, 0) is 4.79 Å². The van der Waals surface area contributed by atoms with Crippen LogP contribution < -0.4 is 20.1 Å². The number of amides is 1. The summed E-state index contributed by atoms with van der Waals surface area (Å²) < 4.78 is 10.6. The lowest BCUT2D eigenvalue weighted by molar-refractivity contribution is -0.116. The molecule has 0 spiro atoms. The number of rotatable bonds is 4. The number of anilines is 1. The van der Waals surface area contributed by atoms with E-state index in [4.69, 9.17) is 21.7 Å². The van der Waals surface area contributed by atoms with E-state index in [0.717, 1.165) is 11.5 Å². The summed E-state index contributed by atoms with van der Waals surface area (Å²) in [7, 11) is 0. The lowest BCUT2D eigenvalue weighted by atomic mass is 9.93. The lowest BCUT2D eigenvalue weighted by Crippen LogP contribution is -2.60. The van der Waals surface area contributed by atoms with Gasteiger partial charge in [-0.2, -0.15) is 0 Å². The molecule has 24 heavy (non-hydrogen) atoms. The molecular weight excluding hydrogens is 326 g/mol. The first-order valence-corrected chi connectivity index (χ1v) is 8.53. The molecule has 3 rings (SSSR count). The third-order valence-corrected chi connectivity index (χ3v) is 4.62. The Morgan fingerprint density at radius 1 is 1.42 bits per heavy atom. The number of carbonyl (C=O) groups excluding carboxylic acids is 1. The van der Waals surface area contributed by atoms with Crippen LogP contribution in [0.3, 0.4) is 0 Å². The smallest absolute Gasteiger partial charge is 0.231 e. The van der Waals surface area contributed by atoms with Gasteiger partial charge in [-0.3, -0.25) is 4.79 Å². The van der Waals surface area contributed by atoms with Crippen LogP contribution in [-0.4, -0.2) is 40.8 Å². The van der Waals surface area contributed by atoms with Gasteiger partial charge in [-0.05, 0) is 51.5 Å². The average Bonchev–Trinajstić information content (AvgIpc) is 2.92. The minimum absolute atomic E-state index is 0.00173. The monoisotopic (exact) mass is 349 g/mol. The van der Waals surface area contributed by atoms with E-state index in [-0.39, 0.29) is 18.2 Å². The van der Waals surface area contributed by atoms with Gasteiger partial charge in [-0.1, -0.05) is 0 Å². The van der Waals surface area contributed by atoms with E-state index in [1.165, 1.54) is 0 Å². The van der Waals surface area contributed by atoms with Crippen LogP contribution in [0, 0.1) is 0 Å². The number of nitrogens with zero attached hydrogens (tertiary/aromatic N) is 1. The van der Waals surface area contributed by atoms with Gasteiger partial charge < -0.3 is 25.0 Å². The van der Waals surface area contributed by atoms with Crippen LogP contribution in [0.1, 0.15) is 33.6 Å². The molecule has 0 unspecified atom stereocenters. The molecule has 1 aromatic carbocycles. The van der Waals surface area contributed by atoms with Crippen molar-refractivity contribution in [3.05, 3.63) is 18.2 Å². The second kappa shape index (κ2) is 6.47. The van der Waals surface area contributed by atoms with Crippen molar-refractivity contribution in [3.63, 3.8) is 0 Å². The Kier molecular flexibility index (Phi) is 4.54. The highest BCUT2D eigenvalue weighted by atomic mass is 32.1. The summed E-state index contributed by atoms with van der Waals surface area (Å²) in [4.78, 5) is 14.3. The summed E-state index contributed by atoms with van der Waals surface area (Å²) in [6, 6.07) is 5.69. The number of ether oxygens (including phenoxy) is 2. The quantitative estimate of drug-likeness (QED) is 0.815. The molecule has 0 aromatic heterocycles. The first kappa shape index (κ1) is 16.8. The van der Waals surface area contributed by atoms with Crippen LogP contribution in [0.15, 0.2) is 18.2 Å². The molecule has 2 heterocycles. The molecule has 130 valence electrons. The molecular formula is C17H23N3O3S. The summed E-state index contributed by atoms with van der Waals surface area (Å²) >= 11 is 5.44. The van der Waals surface area contributed by atoms with Crippen LogP contribution in [0.5, 0.6) is 11.5 Å². The highest BCUT2D eigenvalue weighted by molar-refractivity contribution is 7.80. The lowest BCUT2D eigenvalue weighted by Gasteiger charge is -2.44. The Morgan fingerprint density at radius 2 is 2.17 bits per heavy atom. The highest BCUT2D eigenvalue weighted by Crippen LogP contribution is 2.34. The molecule has 1 saturated heterocycles. The van der Waals surface area contributed by atoms with Gasteiger partial charge in [-0.15, -0.1) is 0 Å². The molecule has 1 aromatic rings. The summed E-state index contributed by atoms with van der Waals surface area (Å²) in [5.74, 6) is 1.31. The van der Waals surface area contributed by atoms with Gasteiger partial charge in [0.25, 0.3) is 0 Å². The van der Waals surface area contributed by atoms with Crippen LogP contribution >= 0.6 is 12.2 Å². The zero-order chi connectivity index (χ0) is 17.3. The van der Waals surface area contributed by atoms with Gasteiger partial charge in [0.1, 0.15) is 0 Å². The minimum Gasteiger partial charge on any atom is -0.454 e. The number of hydrogen-bond donors (Lipinski definition) is 2. The number of benzene rings is 1. The van der Waals surface area contributed by atoms with Crippen molar-refractivity contribution in [2.24, 2.45) is 0 Å². The molecule has 1 fully saturated rings. The van der Waals surface area contributed by atoms with Crippen LogP contribution in [0.25, 0.3) is 0 Å². The maximum atomic E-state index is 12.2. The molecule has 0 saturated carbocycles.